The van der Waals surface area contributed by atoms with Gasteiger partial charge in [-0.2, -0.15) is 0 Å². The Hall–Kier alpha value is -5.80. The lowest BCUT2D eigenvalue weighted by molar-refractivity contribution is 1.62. The predicted molar refractivity (Wildman–Crippen MR) is 221 cm³/mol. The Balaban J connectivity index is 1.19. The highest BCUT2D eigenvalue weighted by Gasteiger charge is 2.16. The summed E-state index contributed by atoms with van der Waals surface area (Å²) in [5.74, 6) is 0. The van der Waals surface area contributed by atoms with E-state index in [1.54, 1.807) is 0 Å². The molecule has 2 heteroatoms. The molecule has 0 bridgehead atoms. The minimum absolute atomic E-state index is 1.23. The number of fused-ring (bicyclic) bond motifs is 11. The van der Waals surface area contributed by atoms with Crippen LogP contribution in [0.5, 0.6) is 0 Å². The SMILES string of the molecule is c1ccc2c(c1)ccc1c3cc(-c4cc(-c5cccc6c5sc5ccccc56)cc(-c5cccc6c5sc5ccccc56)c4)ccc3ccc21. The quantitative estimate of drug-likeness (QED) is 0.164. The summed E-state index contributed by atoms with van der Waals surface area (Å²) in [6, 6.07) is 63.3. The van der Waals surface area contributed by atoms with Crippen molar-refractivity contribution in [1.29, 1.82) is 0 Å². The molecule has 0 fully saturated rings. The van der Waals surface area contributed by atoms with Gasteiger partial charge < -0.3 is 0 Å². The van der Waals surface area contributed by atoms with E-state index in [0.717, 1.165) is 0 Å². The van der Waals surface area contributed by atoms with Gasteiger partial charge in [-0.15, -0.1) is 22.7 Å². The number of benzene rings is 9. The zero-order chi connectivity index (χ0) is 32.8. The Bertz CT molecular complexity index is 3020. The zero-order valence-electron chi connectivity index (χ0n) is 27.0. The molecular weight excluding hydrogens is 641 g/mol. The van der Waals surface area contributed by atoms with Crippen LogP contribution in [-0.2, 0) is 0 Å². The van der Waals surface area contributed by atoms with Crippen molar-refractivity contribution in [1.82, 2.24) is 0 Å². The van der Waals surface area contributed by atoms with E-state index in [4.69, 9.17) is 0 Å². The van der Waals surface area contributed by atoms with E-state index in [2.05, 4.69) is 170 Å². The first kappa shape index (κ1) is 28.1. The fraction of sp³-hybridized carbons (Fsp3) is 0. The molecule has 232 valence electrons. The number of hydrogen-bond donors (Lipinski definition) is 0. The van der Waals surface area contributed by atoms with Crippen LogP contribution in [0.1, 0.15) is 0 Å². The maximum Gasteiger partial charge on any atom is 0.0433 e. The van der Waals surface area contributed by atoms with Crippen LogP contribution in [0.25, 0.3) is 106 Å². The first-order valence-electron chi connectivity index (χ1n) is 17.1. The van der Waals surface area contributed by atoms with Gasteiger partial charge in [-0.25, -0.2) is 0 Å². The van der Waals surface area contributed by atoms with Crippen LogP contribution in [0, 0.1) is 0 Å². The summed E-state index contributed by atoms with van der Waals surface area (Å²) in [4.78, 5) is 0. The lowest BCUT2D eigenvalue weighted by Gasteiger charge is -2.14. The van der Waals surface area contributed by atoms with E-state index in [0.29, 0.717) is 0 Å². The van der Waals surface area contributed by atoms with Gasteiger partial charge in [0.15, 0.2) is 0 Å². The maximum absolute atomic E-state index is 2.42. The standard InChI is InChI=1S/C48H28S2/c1-2-10-35-29(9-1)21-24-39-38(35)23-22-30-19-20-31(28-44(30)39)32-25-33(36-13-7-15-42-40-11-3-5-17-45(40)49-47(36)42)27-34(26-32)37-14-8-16-43-41-12-4-6-18-46(41)50-48(37)43/h1-28H. The molecule has 0 N–H and O–H groups in total. The van der Waals surface area contributed by atoms with Crippen molar-refractivity contribution in [2.45, 2.75) is 0 Å². The van der Waals surface area contributed by atoms with Crippen LogP contribution < -0.4 is 0 Å². The molecule has 0 atom stereocenters. The number of rotatable bonds is 3. The second-order valence-electron chi connectivity index (χ2n) is 13.2. The molecule has 50 heavy (non-hydrogen) atoms. The Morgan fingerprint density at radius 1 is 0.260 bits per heavy atom. The van der Waals surface area contributed by atoms with Crippen molar-refractivity contribution in [2.24, 2.45) is 0 Å². The topological polar surface area (TPSA) is 0 Å². The average molecular weight is 669 g/mol. The molecule has 0 unspecified atom stereocenters. The zero-order valence-corrected chi connectivity index (χ0v) is 28.6. The summed E-state index contributed by atoms with van der Waals surface area (Å²) in [7, 11) is 0. The molecule has 0 radical (unpaired) electrons. The molecule has 9 aromatic carbocycles. The lowest BCUT2D eigenvalue weighted by Crippen LogP contribution is -1.88. The van der Waals surface area contributed by atoms with Crippen molar-refractivity contribution in [3.8, 4) is 33.4 Å². The molecule has 0 saturated heterocycles. The van der Waals surface area contributed by atoms with Crippen LogP contribution in [0.3, 0.4) is 0 Å². The first-order chi connectivity index (χ1) is 24.8. The highest BCUT2D eigenvalue weighted by atomic mass is 32.1. The van der Waals surface area contributed by atoms with Gasteiger partial charge in [0.1, 0.15) is 0 Å². The van der Waals surface area contributed by atoms with Crippen LogP contribution in [-0.4, -0.2) is 0 Å². The van der Waals surface area contributed by atoms with E-state index in [1.165, 1.54) is 106 Å². The van der Waals surface area contributed by atoms with Gasteiger partial charge in [-0.1, -0.05) is 133 Å². The van der Waals surface area contributed by atoms with Crippen LogP contribution >= 0.6 is 22.7 Å². The molecule has 0 aliphatic rings. The van der Waals surface area contributed by atoms with Crippen molar-refractivity contribution >= 4 is 95.3 Å². The maximum atomic E-state index is 2.42. The summed E-state index contributed by atoms with van der Waals surface area (Å²) < 4.78 is 5.34. The van der Waals surface area contributed by atoms with Gasteiger partial charge in [0.05, 0.1) is 0 Å². The third-order valence-corrected chi connectivity index (χ3v) is 12.9. The molecule has 0 saturated carbocycles. The molecule has 2 heterocycles. The Morgan fingerprint density at radius 2 is 0.740 bits per heavy atom. The van der Waals surface area contributed by atoms with Crippen LogP contribution in [0.15, 0.2) is 170 Å². The second-order valence-corrected chi connectivity index (χ2v) is 15.3. The van der Waals surface area contributed by atoms with Gasteiger partial charge in [-0.05, 0) is 102 Å². The number of thiophene rings is 2. The summed E-state index contributed by atoms with van der Waals surface area (Å²) in [6.45, 7) is 0. The second kappa shape index (κ2) is 10.9. The lowest BCUT2D eigenvalue weighted by atomic mass is 9.90. The van der Waals surface area contributed by atoms with Gasteiger partial charge in [0.25, 0.3) is 0 Å². The Morgan fingerprint density at radius 3 is 1.38 bits per heavy atom. The highest BCUT2D eigenvalue weighted by Crippen LogP contribution is 2.45. The first-order valence-corrected chi connectivity index (χ1v) is 18.7. The Kier molecular flexibility index (Phi) is 6.09. The highest BCUT2D eigenvalue weighted by molar-refractivity contribution is 7.26. The molecule has 0 spiro atoms. The third kappa shape index (κ3) is 4.23. The fourth-order valence-corrected chi connectivity index (χ4v) is 10.5. The van der Waals surface area contributed by atoms with Gasteiger partial charge >= 0.3 is 0 Å². The molecule has 0 aliphatic heterocycles. The normalized spacial score (nSPS) is 12.0. The average Bonchev–Trinajstić information content (AvgIpc) is 3.76. The van der Waals surface area contributed by atoms with Gasteiger partial charge in [0, 0.05) is 40.3 Å². The summed E-state index contributed by atoms with van der Waals surface area (Å²) in [5, 5.41) is 13.0. The predicted octanol–water partition coefficient (Wildman–Crippen LogP) is 14.9. The number of hydrogen-bond acceptors (Lipinski definition) is 2. The third-order valence-electron chi connectivity index (χ3n) is 10.4. The summed E-state index contributed by atoms with van der Waals surface area (Å²) in [5.41, 5.74) is 7.52. The van der Waals surface area contributed by atoms with Crippen LogP contribution in [0.2, 0.25) is 0 Å². The van der Waals surface area contributed by atoms with Crippen molar-refractivity contribution in [3.63, 3.8) is 0 Å². The minimum atomic E-state index is 1.23. The van der Waals surface area contributed by atoms with Crippen LogP contribution in [0.4, 0.5) is 0 Å². The van der Waals surface area contributed by atoms with E-state index >= 15 is 0 Å². The van der Waals surface area contributed by atoms with Crippen molar-refractivity contribution in [2.75, 3.05) is 0 Å². The van der Waals surface area contributed by atoms with Gasteiger partial charge in [0.2, 0.25) is 0 Å². The molecule has 11 aromatic rings. The largest absolute Gasteiger partial charge is 0.135 e. The molecular formula is C48H28S2. The summed E-state index contributed by atoms with van der Waals surface area (Å²) >= 11 is 3.80. The minimum Gasteiger partial charge on any atom is -0.135 e. The smallest absolute Gasteiger partial charge is 0.0433 e. The van der Waals surface area contributed by atoms with E-state index in [9.17, 15) is 0 Å². The van der Waals surface area contributed by atoms with E-state index in [1.807, 2.05) is 22.7 Å². The van der Waals surface area contributed by atoms with Crippen molar-refractivity contribution < 1.29 is 0 Å². The molecule has 0 nitrogen and oxygen atoms in total. The molecule has 2 aromatic heterocycles. The molecule has 11 rings (SSSR count). The molecule has 0 amide bonds. The summed E-state index contributed by atoms with van der Waals surface area (Å²) in [6.07, 6.45) is 0. The fourth-order valence-electron chi connectivity index (χ4n) is 8.05. The van der Waals surface area contributed by atoms with E-state index in [-0.39, 0.29) is 0 Å². The monoisotopic (exact) mass is 668 g/mol. The van der Waals surface area contributed by atoms with Gasteiger partial charge in [-0.3, -0.25) is 0 Å². The van der Waals surface area contributed by atoms with Crippen molar-refractivity contribution in [3.05, 3.63) is 170 Å². The molecule has 0 aliphatic carbocycles. The Labute approximate surface area is 297 Å². The van der Waals surface area contributed by atoms with E-state index < -0.39 is 0 Å².